The van der Waals surface area contributed by atoms with Crippen LogP contribution in [-0.4, -0.2) is 20.2 Å². The number of benzene rings is 2. The lowest BCUT2D eigenvalue weighted by atomic mass is 10.2. The molecule has 0 aliphatic rings. The Hall–Kier alpha value is -3.68. The zero-order valence-corrected chi connectivity index (χ0v) is 14.3. The van der Waals surface area contributed by atoms with Gasteiger partial charge in [-0.05, 0) is 52.0 Å². The van der Waals surface area contributed by atoms with Crippen molar-refractivity contribution in [3.8, 4) is 17.8 Å². The summed E-state index contributed by atoms with van der Waals surface area (Å²) in [7, 11) is 0. The Labute approximate surface area is 154 Å². The Bertz CT molecular complexity index is 1010. The molecule has 1 heterocycles. The summed E-state index contributed by atoms with van der Waals surface area (Å²) in [5, 5.41) is 30.4. The van der Waals surface area contributed by atoms with Crippen molar-refractivity contribution in [1.82, 2.24) is 20.2 Å². The van der Waals surface area contributed by atoms with E-state index < -0.39 is 0 Å². The number of nitrogens with zero attached hydrogens (tertiary/aromatic N) is 6. The van der Waals surface area contributed by atoms with E-state index in [0.717, 1.165) is 16.2 Å². The molecule has 1 aromatic heterocycles. The van der Waals surface area contributed by atoms with Crippen LogP contribution in [0.5, 0.6) is 0 Å². The SMILES string of the molecule is N#CC(C#N)=CC=C(Sc1nnnn1-c1ccccc1)c1ccccc1. The molecule has 7 heteroatoms. The van der Waals surface area contributed by atoms with Gasteiger partial charge in [-0.3, -0.25) is 0 Å². The highest BCUT2D eigenvalue weighted by atomic mass is 32.2. The van der Waals surface area contributed by atoms with Crippen molar-refractivity contribution in [2.24, 2.45) is 0 Å². The van der Waals surface area contributed by atoms with E-state index in [-0.39, 0.29) is 5.57 Å². The van der Waals surface area contributed by atoms with Crippen LogP contribution in [0.2, 0.25) is 0 Å². The van der Waals surface area contributed by atoms with Gasteiger partial charge in [-0.2, -0.15) is 15.2 Å². The quantitative estimate of drug-likeness (QED) is 0.393. The molecule has 26 heavy (non-hydrogen) atoms. The smallest absolute Gasteiger partial charge is 0.192 e. The highest BCUT2D eigenvalue weighted by Gasteiger charge is 2.12. The first-order chi connectivity index (χ1) is 12.8. The number of thioether (sulfide) groups is 1. The molecule has 0 bridgehead atoms. The number of hydrogen-bond acceptors (Lipinski definition) is 6. The molecule has 3 aromatic rings. The first-order valence-electron chi connectivity index (χ1n) is 7.61. The summed E-state index contributed by atoms with van der Waals surface area (Å²) in [5.74, 6) is 0. The van der Waals surface area contributed by atoms with E-state index in [1.165, 1.54) is 17.8 Å². The molecule has 6 nitrogen and oxygen atoms in total. The molecule has 0 saturated heterocycles. The molecule has 0 spiro atoms. The Kier molecular flexibility index (Phi) is 5.56. The van der Waals surface area contributed by atoms with Crippen molar-refractivity contribution >= 4 is 16.7 Å². The summed E-state index contributed by atoms with van der Waals surface area (Å²) in [4.78, 5) is 0.820. The van der Waals surface area contributed by atoms with E-state index >= 15 is 0 Å². The van der Waals surface area contributed by atoms with Gasteiger partial charge in [-0.1, -0.05) is 48.5 Å². The predicted molar refractivity (Wildman–Crippen MR) is 98.7 cm³/mol. The lowest BCUT2D eigenvalue weighted by Crippen LogP contribution is -1.98. The minimum Gasteiger partial charge on any atom is -0.192 e. The average molecular weight is 356 g/mol. The van der Waals surface area contributed by atoms with E-state index in [0.29, 0.717) is 5.16 Å². The number of aromatic nitrogens is 4. The van der Waals surface area contributed by atoms with Crippen LogP contribution in [0, 0.1) is 22.7 Å². The summed E-state index contributed by atoms with van der Waals surface area (Å²) in [6, 6.07) is 22.9. The van der Waals surface area contributed by atoms with Crippen molar-refractivity contribution in [2.75, 3.05) is 0 Å². The molecular formula is C19H12N6S. The molecule has 0 aliphatic heterocycles. The van der Waals surface area contributed by atoms with E-state index in [1.54, 1.807) is 10.8 Å². The molecule has 0 atom stereocenters. The van der Waals surface area contributed by atoms with Crippen LogP contribution in [0.1, 0.15) is 5.56 Å². The third-order valence-corrected chi connectivity index (χ3v) is 4.37. The molecule has 124 valence electrons. The Morgan fingerprint density at radius 1 is 0.923 bits per heavy atom. The second-order valence-corrected chi connectivity index (χ2v) is 6.02. The van der Waals surface area contributed by atoms with Crippen LogP contribution in [0.15, 0.2) is 83.5 Å². The van der Waals surface area contributed by atoms with Crippen LogP contribution < -0.4 is 0 Å². The highest BCUT2D eigenvalue weighted by molar-refractivity contribution is 8.08. The second kappa shape index (κ2) is 8.43. The fourth-order valence-electron chi connectivity index (χ4n) is 2.12. The summed E-state index contributed by atoms with van der Waals surface area (Å²) in [6.45, 7) is 0. The lowest BCUT2D eigenvalue weighted by Gasteiger charge is -2.07. The zero-order chi connectivity index (χ0) is 18.2. The summed E-state index contributed by atoms with van der Waals surface area (Å²) in [5.41, 5.74) is 1.81. The van der Waals surface area contributed by atoms with Crippen LogP contribution in [0.4, 0.5) is 0 Å². The van der Waals surface area contributed by atoms with Gasteiger partial charge >= 0.3 is 0 Å². The fraction of sp³-hybridized carbons (Fsp3) is 0. The van der Waals surface area contributed by atoms with Gasteiger partial charge in [0.25, 0.3) is 0 Å². The molecule has 0 saturated carbocycles. The molecule has 0 fully saturated rings. The molecule has 0 N–H and O–H groups in total. The summed E-state index contributed by atoms with van der Waals surface area (Å²) < 4.78 is 1.64. The third kappa shape index (κ3) is 4.04. The largest absolute Gasteiger partial charge is 0.218 e. The van der Waals surface area contributed by atoms with Crippen LogP contribution >= 0.6 is 11.8 Å². The standard InChI is InChI=1S/C19H12N6S/c20-13-15(14-21)11-12-18(16-7-3-1-4-8-16)26-19-22-23-24-25(19)17-9-5-2-6-10-17/h1-12H. The van der Waals surface area contributed by atoms with Crippen molar-refractivity contribution in [1.29, 1.82) is 10.5 Å². The maximum Gasteiger partial charge on any atom is 0.218 e. The maximum absolute atomic E-state index is 8.95. The number of rotatable bonds is 5. The van der Waals surface area contributed by atoms with E-state index in [4.69, 9.17) is 10.5 Å². The van der Waals surface area contributed by atoms with Gasteiger partial charge in [0, 0.05) is 4.91 Å². The Morgan fingerprint density at radius 2 is 1.58 bits per heavy atom. The number of nitriles is 2. The highest BCUT2D eigenvalue weighted by Crippen LogP contribution is 2.33. The normalized spacial score (nSPS) is 10.6. The van der Waals surface area contributed by atoms with Crippen LogP contribution in [0.3, 0.4) is 0 Å². The van der Waals surface area contributed by atoms with Crippen LogP contribution in [0.25, 0.3) is 10.6 Å². The molecular weight excluding hydrogens is 344 g/mol. The average Bonchev–Trinajstić information content (AvgIpc) is 3.17. The van der Waals surface area contributed by atoms with Crippen molar-refractivity contribution < 1.29 is 0 Å². The number of para-hydroxylation sites is 1. The Balaban J connectivity index is 2.00. The molecule has 2 aromatic carbocycles. The number of tetrazole rings is 1. The molecule has 0 unspecified atom stereocenters. The van der Waals surface area contributed by atoms with Gasteiger partial charge in [0.15, 0.2) is 0 Å². The maximum atomic E-state index is 8.95. The molecule has 0 radical (unpaired) electrons. The number of hydrogen-bond donors (Lipinski definition) is 0. The zero-order valence-electron chi connectivity index (χ0n) is 13.5. The van der Waals surface area contributed by atoms with Gasteiger partial charge in [0.1, 0.15) is 17.7 Å². The van der Waals surface area contributed by atoms with Crippen molar-refractivity contribution in [3.63, 3.8) is 0 Å². The van der Waals surface area contributed by atoms with Gasteiger partial charge in [-0.25, -0.2) is 0 Å². The first-order valence-corrected chi connectivity index (χ1v) is 8.42. The Morgan fingerprint density at radius 3 is 2.23 bits per heavy atom. The van der Waals surface area contributed by atoms with E-state index in [1.807, 2.05) is 72.8 Å². The minimum absolute atomic E-state index is 0.0293. The first kappa shape index (κ1) is 17.2. The van der Waals surface area contributed by atoms with Gasteiger partial charge in [0.05, 0.1) is 5.69 Å². The molecule has 3 rings (SSSR count). The van der Waals surface area contributed by atoms with E-state index in [9.17, 15) is 0 Å². The monoisotopic (exact) mass is 356 g/mol. The van der Waals surface area contributed by atoms with Gasteiger partial charge in [0.2, 0.25) is 5.16 Å². The van der Waals surface area contributed by atoms with Gasteiger partial charge < -0.3 is 0 Å². The predicted octanol–water partition coefficient (Wildman–Crippen LogP) is 3.77. The fourth-order valence-corrected chi connectivity index (χ4v) is 3.01. The topological polar surface area (TPSA) is 91.2 Å². The molecule has 0 amide bonds. The van der Waals surface area contributed by atoms with E-state index in [2.05, 4.69) is 15.5 Å². The van der Waals surface area contributed by atoms with Crippen LogP contribution in [-0.2, 0) is 0 Å². The summed E-state index contributed by atoms with van der Waals surface area (Å²) >= 11 is 1.36. The third-order valence-electron chi connectivity index (χ3n) is 3.34. The second-order valence-electron chi connectivity index (χ2n) is 5.01. The number of allylic oxidation sites excluding steroid dienone is 3. The molecule has 0 aliphatic carbocycles. The van der Waals surface area contributed by atoms with Crippen molar-refractivity contribution in [3.05, 3.63) is 84.0 Å². The van der Waals surface area contributed by atoms with Crippen molar-refractivity contribution in [2.45, 2.75) is 5.16 Å². The minimum atomic E-state index is 0.0293. The van der Waals surface area contributed by atoms with Gasteiger partial charge in [-0.15, -0.1) is 5.10 Å². The lowest BCUT2D eigenvalue weighted by molar-refractivity contribution is 0.757. The summed E-state index contributed by atoms with van der Waals surface area (Å²) in [6.07, 6.45) is 3.22.